The number of aryl methyl sites for hydroxylation is 3. The van der Waals surface area contributed by atoms with Crippen LogP contribution < -0.4 is 0 Å². The van der Waals surface area contributed by atoms with E-state index < -0.39 is 0 Å². The minimum Gasteiger partial charge on any atom is -0.232 e. The van der Waals surface area contributed by atoms with E-state index in [1.807, 2.05) is 35.0 Å². The van der Waals surface area contributed by atoms with E-state index in [-0.39, 0.29) is 0 Å². The Labute approximate surface area is 130 Å². The highest BCUT2D eigenvalue weighted by molar-refractivity contribution is 5.65. The lowest BCUT2D eigenvalue weighted by atomic mass is 10.0. The van der Waals surface area contributed by atoms with Gasteiger partial charge < -0.3 is 0 Å². The van der Waals surface area contributed by atoms with Crippen LogP contribution in [0.4, 0.5) is 0 Å². The molecule has 2 aromatic carbocycles. The van der Waals surface area contributed by atoms with Crippen LogP contribution in [-0.2, 0) is 0 Å². The van der Waals surface area contributed by atoms with Crippen LogP contribution in [0.3, 0.4) is 0 Å². The molecule has 0 fully saturated rings. The molecule has 0 aliphatic rings. The lowest BCUT2D eigenvalue weighted by Gasteiger charge is -2.09. The van der Waals surface area contributed by atoms with Crippen molar-refractivity contribution in [2.75, 3.05) is 0 Å². The molecular weight excluding hydrogens is 270 g/mol. The molecule has 1 aromatic heterocycles. The van der Waals surface area contributed by atoms with E-state index in [1.165, 1.54) is 16.7 Å². The zero-order valence-corrected chi connectivity index (χ0v) is 13.0. The smallest absolute Gasteiger partial charge is 0.163 e. The first-order valence-corrected chi connectivity index (χ1v) is 7.23. The molecule has 0 atom stereocenters. The maximum Gasteiger partial charge on any atom is 0.163 e. The fourth-order valence-electron chi connectivity index (χ4n) is 2.42. The van der Waals surface area contributed by atoms with Crippen molar-refractivity contribution in [1.29, 1.82) is 5.26 Å². The lowest BCUT2D eigenvalue weighted by Crippen LogP contribution is -1.99. The zero-order valence-electron chi connectivity index (χ0n) is 13.0. The molecule has 0 radical (unpaired) electrons. The summed E-state index contributed by atoms with van der Waals surface area (Å²) in [5, 5.41) is 13.6. The second kappa shape index (κ2) is 5.50. The van der Waals surface area contributed by atoms with E-state index in [2.05, 4.69) is 50.1 Å². The fraction of sp³-hybridized carbons (Fsp3) is 0.158. The van der Waals surface area contributed by atoms with E-state index in [0.29, 0.717) is 5.69 Å². The first-order chi connectivity index (χ1) is 10.6. The quantitative estimate of drug-likeness (QED) is 0.703. The molecule has 0 unspecified atom stereocenters. The Bertz CT molecular complexity index is 865. The SMILES string of the molecule is Cc1ccc(-n2nc(C#N)cc2-c2ccc(C)c(C)c2)cc1. The second-order valence-electron chi connectivity index (χ2n) is 5.57. The molecule has 0 aliphatic carbocycles. The summed E-state index contributed by atoms with van der Waals surface area (Å²) in [4.78, 5) is 0. The highest BCUT2D eigenvalue weighted by atomic mass is 15.3. The van der Waals surface area contributed by atoms with Crippen LogP contribution >= 0.6 is 0 Å². The average Bonchev–Trinajstić information content (AvgIpc) is 2.95. The third-order valence-corrected chi connectivity index (χ3v) is 3.91. The first-order valence-electron chi connectivity index (χ1n) is 7.23. The van der Waals surface area contributed by atoms with Crippen molar-refractivity contribution in [2.24, 2.45) is 0 Å². The molecular formula is C19H17N3. The predicted octanol–water partition coefficient (Wildman–Crippen LogP) is 4.34. The van der Waals surface area contributed by atoms with Crippen LogP contribution in [0, 0.1) is 32.1 Å². The van der Waals surface area contributed by atoms with Gasteiger partial charge in [0.15, 0.2) is 5.69 Å². The third-order valence-electron chi connectivity index (χ3n) is 3.91. The molecule has 22 heavy (non-hydrogen) atoms. The number of benzene rings is 2. The molecule has 3 rings (SSSR count). The van der Waals surface area contributed by atoms with Crippen LogP contribution in [0.5, 0.6) is 0 Å². The molecule has 0 aliphatic heterocycles. The summed E-state index contributed by atoms with van der Waals surface area (Å²) in [7, 11) is 0. The number of hydrogen-bond donors (Lipinski definition) is 0. The number of nitrogens with zero attached hydrogens (tertiary/aromatic N) is 3. The number of aromatic nitrogens is 2. The van der Waals surface area contributed by atoms with Crippen LogP contribution in [0.1, 0.15) is 22.4 Å². The van der Waals surface area contributed by atoms with Gasteiger partial charge in [0, 0.05) is 11.6 Å². The Hall–Kier alpha value is -2.86. The maximum absolute atomic E-state index is 9.19. The van der Waals surface area contributed by atoms with Crippen molar-refractivity contribution >= 4 is 0 Å². The van der Waals surface area contributed by atoms with Gasteiger partial charge in [-0.05, 0) is 50.1 Å². The first kappa shape index (κ1) is 14.1. The maximum atomic E-state index is 9.19. The number of hydrogen-bond acceptors (Lipinski definition) is 2. The fourth-order valence-corrected chi connectivity index (χ4v) is 2.42. The van der Waals surface area contributed by atoms with E-state index in [9.17, 15) is 5.26 Å². The second-order valence-corrected chi connectivity index (χ2v) is 5.57. The van der Waals surface area contributed by atoms with E-state index in [0.717, 1.165) is 16.9 Å². The minimum absolute atomic E-state index is 0.425. The third kappa shape index (κ3) is 2.51. The van der Waals surface area contributed by atoms with Gasteiger partial charge >= 0.3 is 0 Å². The topological polar surface area (TPSA) is 41.6 Å². The molecule has 0 spiro atoms. The van der Waals surface area contributed by atoms with Crippen molar-refractivity contribution in [3.05, 3.63) is 70.9 Å². The highest BCUT2D eigenvalue weighted by Gasteiger charge is 2.12. The summed E-state index contributed by atoms with van der Waals surface area (Å²) >= 11 is 0. The molecule has 0 saturated carbocycles. The molecule has 3 heteroatoms. The standard InChI is InChI=1S/C19H17N3/c1-13-4-8-18(9-5-13)22-19(11-17(12-20)21-22)16-7-6-14(2)15(3)10-16/h4-11H,1-3H3. The van der Waals surface area contributed by atoms with E-state index >= 15 is 0 Å². The molecule has 108 valence electrons. The molecule has 0 amide bonds. The van der Waals surface area contributed by atoms with Gasteiger partial charge in [0.25, 0.3) is 0 Å². The Morgan fingerprint density at radius 1 is 0.909 bits per heavy atom. The Morgan fingerprint density at radius 3 is 2.27 bits per heavy atom. The van der Waals surface area contributed by atoms with Gasteiger partial charge in [-0.15, -0.1) is 0 Å². The number of nitriles is 1. The molecule has 0 saturated heterocycles. The van der Waals surface area contributed by atoms with Crippen LogP contribution in [0.25, 0.3) is 16.9 Å². The lowest BCUT2D eigenvalue weighted by molar-refractivity contribution is 0.879. The number of rotatable bonds is 2. The molecule has 3 aromatic rings. The highest BCUT2D eigenvalue weighted by Crippen LogP contribution is 2.26. The van der Waals surface area contributed by atoms with Gasteiger partial charge in [-0.1, -0.05) is 29.8 Å². The van der Waals surface area contributed by atoms with Gasteiger partial charge in [-0.3, -0.25) is 0 Å². The van der Waals surface area contributed by atoms with Gasteiger partial charge in [-0.25, -0.2) is 4.68 Å². The van der Waals surface area contributed by atoms with Gasteiger partial charge in [0.05, 0.1) is 11.4 Å². The molecule has 0 N–H and O–H groups in total. The zero-order chi connectivity index (χ0) is 15.7. The summed E-state index contributed by atoms with van der Waals surface area (Å²) in [6.45, 7) is 6.24. The van der Waals surface area contributed by atoms with Crippen molar-refractivity contribution < 1.29 is 0 Å². The summed E-state index contributed by atoms with van der Waals surface area (Å²) in [6, 6.07) is 18.4. The summed E-state index contributed by atoms with van der Waals surface area (Å²) in [5.41, 5.74) is 7.07. The summed E-state index contributed by atoms with van der Waals surface area (Å²) < 4.78 is 1.84. The average molecular weight is 287 g/mol. The Kier molecular flexibility index (Phi) is 3.52. The summed E-state index contributed by atoms with van der Waals surface area (Å²) in [6.07, 6.45) is 0. The van der Waals surface area contributed by atoms with Crippen molar-refractivity contribution in [3.8, 4) is 23.0 Å². The van der Waals surface area contributed by atoms with Crippen molar-refractivity contribution in [1.82, 2.24) is 9.78 Å². The van der Waals surface area contributed by atoms with Crippen molar-refractivity contribution in [3.63, 3.8) is 0 Å². The van der Waals surface area contributed by atoms with Crippen molar-refractivity contribution in [2.45, 2.75) is 20.8 Å². The van der Waals surface area contributed by atoms with Gasteiger partial charge in [0.2, 0.25) is 0 Å². The Balaban J connectivity index is 2.18. The molecule has 1 heterocycles. The normalized spacial score (nSPS) is 10.5. The van der Waals surface area contributed by atoms with Crippen LogP contribution in [0.15, 0.2) is 48.5 Å². The monoisotopic (exact) mass is 287 g/mol. The van der Waals surface area contributed by atoms with Crippen LogP contribution in [-0.4, -0.2) is 9.78 Å². The predicted molar refractivity (Wildman–Crippen MR) is 87.9 cm³/mol. The van der Waals surface area contributed by atoms with Crippen LogP contribution in [0.2, 0.25) is 0 Å². The van der Waals surface area contributed by atoms with E-state index in [4.69, 9.17) is 0 Å². The summed E-state index contributed by atoms with van der Waals surface area (Å²) in [5.74, 6) is 0. The van der Waals surface area contributed by atoms with Gasteiger partial charge in [0.1, 0.15) is 6.07 Å². The minimum atomic E-state index is 0.425. The molecule has 3 nitrogen and oxygen atoms in total. The van der Waals surface area contributed by atoms with Gasteiger partial charge in [-0.2, -0.15) is 10.4 Å². The molecule has 0 bridgehead atoms. The van der Waals surface area contributed by atoms with E-state index in [1.54, 1.807) is 0 Å². The largest absolute Gasteiger partial charge is 0.232 e. The Morgan fingerprint density at radius 2 is 1.64 bits per heavy atom.